The molecular weight excluding hydrogens is 344 g/mol. The van der Waals surface area contributed by atoms with Crippen LogP contribution in [0, 0.1) is 12.8 Å². The molecule has 2 unspecified atom stereocenters. The highest BCUT2D eigenvalue weighted by atomic mass is 16.1. The number of aromatic nitrogens is 1. The second kappa shape index (κ2) is 7.23. The molecule has 0 saturated heterocycles. The van der Waals surface area contributed by atoms with Gasteiger partial charge in [0, 0.05) is 35.9 Å². The van der Waals surface area contributed by atoms with Crippen LogP contribution in [0.3, 0.4) is 0 Å². The number of hydrogen-bond acceptors (Lipinski definition) is 2. The molecule has 2 aliphatic carbocycles. The van der Waals surface area contributed by atoms with Gasteiger partial charge in [0.1, 0.15) is 5.54 Å². The highest BCUT2D eigenvalue weighted by molar-refractivity contribution is 5.79. The highest BCUT2D eigenvalue weighted by Gasteiger charge is 2.46. The van der Waals surface area contributed by atoms with E-state index in [0.29, 0.717) is 5.92 Å². The van der Waals surface area contributed by atoms with E-state index < -0.39 is 5.54 Å². The Morgan fingerprint density at radius 2 is 2.00 bits per heavy atom. The van der Waals surface area contributed by atoms with Gasteiger partial charge in [-0.15, -0.1) is 0 Å². The quantitative estimate of drug-likeness (QED) is 0.591. The van der Waals surface area contributed by atoms with Gasteiger partial charge in [0.15, 0.2) is 0 Å². The monoisotopic (exact) mass is 370 g/mol. The van der Waals surface area contributed by atoms with Crippen LogP contribution in [0.2, 0.25) is 0 Å². The van der Waals surface area contributed by atoms with Crippen molar-refractivity contribution < 1.29 is 0 Å². The predicted octanol–water partition coefficient (Wildman–Crippen LogP) is 5.13. The number of fused-ring (bicyclic) bond motifs is 4. The summed E-state index contributed by atoms with van der Waals surface area (Å²) in [5.41, 5.74) is 6.81. The van der Waals surface area contributed by atoms with Gasteiger partial charge in [-0.25, -0.2) is 0 Å². The molecule has 1 heterocycles. The van der Waals surface area contributed by atoms with Gasteiger partial charge < -0.3 is 4.98 Å². The molecule has 0 amide bonds. The summed E-state index contributed by atoms with van der Waals surface area (Å²) < 4.78 is 0. The molecule has 142 valence electrons. The number of aromatic amines is 1. The van der Waals surface area contributed by atoms with Crippen LogP contribution in [-0.2, 0) is 12.0 Å². The molecule has 0 spiro atoms. The van der Waals surface area contributed by atoms with Crippen molar-refractivity contribution in [1.29, 1.82) is 0 Å². The van der Waals surface area contributed by atoms with Gasteiger partial charge in [0.2, 0.25) is 5.56 Å². The van der Waals surface area contributed by atoms with Gasteiger partial charge in [0.25, 0.3) is 0 Å². The van der Waals surface area contributed by atoms with Crippen molar-refractivity contribution in [3.8, 4) is 0 Å². The molecule has 28 heavy (non-hydrogen) atoms. The Balaban J connectivity index is 1.78. The molecule has 1 aromatic carbocycles. The summed E-state index contributed by atoms with van der Waals surface area (Å²) in [6.07, 6.45) is 12.3. The molecule has 2 aromatic rings. The highest BCUT2D eigenvalue weighted by Crippen LogP contribution is 2.51. The Morgan fingerprint density at radius 1 is 1.18 bits per heavy atom. The van der Waals surface area contributed by atoms with Crippen molar-refractivity contribution in [3.63, 3.8) is 0 Å². The first-order valence-electron chi connectivity index (χ1n) is 9.87. The van der Waals surface area contributed by atoms with Crippen LogP contribution in [-0.4, -0.2) is 11.2 Å². The van der Waals surface area contributed by atoms with E-state index in [1.54, 1.807) is 6.07 Å². The maximum absolute atomic E-state index is 11.9. The summed E-state index contributed by atoms with van der Waals surface area (Å²) in [4.78, 5) is 20.1. The largest absolute Gasteiger partial charge is 0.326 e. The second-order valence-electron chi connectivity index (χ2n) is 7.81. The smallest absolute Gasteiger partial charge is 0.248 e. The fraction of sp³-hybridized carbons (Fsp3) is 0.280. The zero-order valence-corrected chi connectivity index (χ0v) is 16.7. The number of hydrogen-bond donors (Lipinski definition) is 1. The topological polar surface area (TPSA) is 45.2 Å². The first-order chi connectivity index (χ1) is 13.5. The van der Waals surface area contributed by atoms with Crippen molar-refractivity contribution in [2.24, 2.45) is 10.9 Å². The van der Waals surface area contributed by atoms with Crippen molar-refractivity contribution in [3.05, 3.63) is 98.5 Å². The number of allylic oxidation sites excluding steroid dienone is 3. The van der Waals surface area contributed by atoms with E-state index in [1.165, 1.54) is 22.3 Å². The summed E-state index contributed by atoms with van der Waals surface area (Å²) in [5, 5.41) is 0. The van der Waals surface area contributed by atoms with Gasteiger partial charge in [-0.3, -0.25) is 9.79 Å². The molecule has 0 radical (unpaired) electrons. The fourth-order valence-corrected chi connectivity index (χ4v) is 4.74. The second-order valence-corrected chi connectivity index (χ2v) is 7.81. The Bertz CT molecular complexity index is 1080. The zero-order valence-electron chi connectivity index (χ0n) is 16.7. The predicted molar refractivity (Wildman–Crippen MR) is 117 cm³/mol. The van der Waals surface area contributed by atoms with Crippen LogP contribution in [0.25, 0.3) is 6.08 Å². The van der Waals surface area contributed by atoms with Crippen molar-refractivity contribution in [1.82, 2.24) is 4.98 Å². The van der Waals surface area contributed by atoms with E-state index in [4.69, 9.17) is 4.99 Å². The summed E-state index contributed by atoms with van der Waals surface area (Å²) in [7, 11) is 0. The zero-order chi connectivity index (χ0) is 19.7. The molecule has 3 nitrogen and oxygen atoms in total. The summed E-state index contributed by atoms with van der Waals surface area (Å²) >= 11 is 0. The lowest BCUT2D eigenvalue weighted by molar-refractivity contribution is 0.413. The minimum atomic E-state index is -0.424. The Labute approximate surface area is 166 Å². The number of aryl methyl sites for hydroxylation is 1. The average molecular weight is 370 g/mol. The number of H-pyrrole nitrogens is 1. The van der Waals surface area contributed by atoms with Crippen LogP contribution < -0.4 is 5.56 Å². The number of nitrogens with zero attached hydrogens (tertiary/aromatic N) is 1. The van der Waals surface area contributed by atoms with E-state index >= 15 is 0 Å². The van der Waals surface area contributed by atoms with E-state index in [9.17, 15) is 4.79 Å². The molecule has 0 fully saturated rings. The maximum Gasteiger partial charge on any atom is 0.248 e. The Kier molecular flexibility index (Phi) is 4.76. The molecule has 2 atom stereocenters. The van der Waals surface area contributed by atoms with Gasteiger partial charge in [-0.05, 0) is 56.0 Å². The van der Waals surface area contributed by atoms with Crippen LogP contribution in [0.1, 0.15) is 42.7 Å². The van der Waals surface area contributed by atoms with Crippen LogP contribution in [0.5, 0.6) is 0 Å². The van der Waals surface area contributed by atoms with E-state index in [2.05, 4.69) is 62.2 Å². The molecule has 2 aliphatic rings. The molecule has 1 N–H and O–H groups in total. The molecule has 1 aromatic heterocycles. The van der Waals surface area contributed by atoms with Crippen LogP contribution >= 0.6 is 0 Å². The fourth-order valence-electron chi connectivity index (χ4n) is 4.74. The van der Waals surface area contributed by atoms with Crippen molar-refractivity contribution >= 4 is 12.3 Å². The molecule has 0 saturated carbocycles. The number of nitrogens with one attached hydrogen (secondary N) is 1. The van der Waals surface area contributed by atoms with E-state index in [-0.39, 0.29) is 5.56 Å². The third-order valence-corrected chi connectivity index (χ3v) is 5.92. The minimum Gasteiger partial charge on any atom is -0.326 e. The number of benzene rings is 1. The summed E-state index contributed by atoms with van der Waals surface area (Å²) in [5.74, 6) is 0.293. The molecule has 0 aliphatic heterocycles. The van der Waals surface area contributed by atoms with E-state index in [1.807, 2.05) is 24.4 Å². The lowest BCUT2D eigenvalue weighted by Gasteiger charge is -2.45. The maximum atomic E-state index is 11.9. The number of pyridine rings is 1. The number of rotatable bonds is 3. The van der Waals surface area contributed by atoms with Gasteiger partial charge >= 0.3 is 0 Å². The molecule has 3 heteroatoms. The number of aliphatic imine (C=N–C) groups is 1. The standard InChI is InChI=1S/C25H26N2O/c1-4-21-20-14-17(2)16-25(21,22-11-12-24(28)27-23(22)15-20)26-13-7-10-19-9-6-5-8-18(19)3/h4-14,20H,15-16H2,1-3H3,(H,27,28)/b10-7+,21-4+,26-13+. The third-order valence-electron chi connectivity index (χ3n) is 5.92. The molecule has 4 rings (SSSR count). The van der Waals surface area contributed by atoms with Gasteiger partial charge in [-0.1, -0.05) is 48.1 Å². The van der Waals surface area contributed by atoms with Crippen molar-refractivity contribution in [2.45, 2.75) is 39.2 Å². The first kappa shape index (κ1) is 18.4. The Hall–Kier alpha value is -2.94. The van der Waals surface area contributed by atoms with Crippen molar-refractivity contribution in [2.75, 3.05) is 0 Å². The molecule has 2 bridgehead atoms. The van der Waals surface area contributed by atoms with E-state index in [0.717, 1.165) is 24.1 Å². The summed E-state index contributed by atoms with van der Waals surface area (Å²) in [6, 6.07) is 11.9. The van der Waals surface area contributed by atoms with Gasteiger partial charge in [-0.2, -0.15) is 0 Å². The Morgan fingerprint density at radius 3 is 2.79 bits per heavy atom. The summed E-state index contributed by atoms with van der Waals surface area (Å²) in [6.45, 7) is 6.39. The van der Waals surface area contributed by atoms with Crippen LogP contribution in [0.4, 0.5) is 0 Å². The van der Waals surface area contributed by atoms with Crippen LogP contribution in [0.15, 0.2) is 75.6 Å². The average Bonchev–Trinajstić information content (AvgIpc) is 2.65. The normalized spacial score (nSPS) is 25.3. The van der Waals surface area contributed by atoms with Gasteiger partial charge in [0.05, 0.1) is 0 Å². The lowest BCUT2D eigenvalue weighted by atomic mass is 9.63. The third kappa shape index (κ3) is 3.11. The lowest BCUT2D eigenvalue weighted by Crippen LogP contribution is -2.40. The molecular formula is C25H26N2O. The first-order valence-corrected chi connectivity index (χ1v) is 9.87. The SMILES string of the molecule is C/C=C1\C2C=C(C)CC1(/N=C/C=C/c1ccccc1C)c1ccc(=O)[nH]c1C2. The minimum absolute atomic E-state index is 0.0416.